The molecule has 0 saturated heterocycles. The zero-order valence-corrected chi connectivity index (χ0v) is 28.4. The Bertz CT molecular complexity index is 2940. The van der Waals surface area contributed by atoms with Gasteiger partial charge in [0.1, 0.15) is 101 Å². The van der Waals surface area contributed by atoms with Crippen LogP contribution in [0.15, 0.2) is 87.7 Å². The summed E-state index contributed by atoms with van der Waals surface area (Å²) in [5.41, 5.74) is 5.67. The van der Waals surface area contributed by atoms with Crippen molar-refractivity contribution in [2.75, 3.05) is 0 Å². The monoisotopic (exact) mass is 665 g/mol. The Morgan fingerprint density at radius 1 is 0.370 bits per heavy atom. The average molecular weight is 664 g/mol. The van der Waals surface area contributed by atoms with Gasteiger partial charge in [0.05, 0.1) is 0 Å². The second-order valence-corrected chi connectivity index (χ2v) is 13.0. The van der Waals surface area contributed by atoms with Crippen LogP contribution in [0, 0.1) is 0 Å². The lowest BCUT2D eigenvalue weighted by atomic mass is 9.60. The first kappa shape index (κ1) is 34.4. The zero-order valence-electron chi connectivity index (χ0n) is 28.4. The number of aromatic nitrogens is 3. The quantitative estimate of drug-likeness (QED) is 0.210. The molecule has 0 aliphatic rings. The number of hydrogen-bond acceptors (Lipinski definition) is 5. The Morgan fingerprint density at radius 3 is 1.48 bits per heavy atom. The Balaban J connectivity index is 1.32. The highest BCUT2D eigenvalue weighted by Gasteiger charge is 2.23. The van der Waals surface area contributed by atoms with E-state index in [0.717, 1.165) is 43.8 Å². The van der Waals surface area contributed by atoms with E-state index >= 15 is 0 Å². The number of benzene rings is 6. The van der Waals surface area contributed by atoms with Gasteiger partial charge in [-0.25, -0.2) is 15.0 Å². The third kappa shape index (κ3) is 5.04. The second kappa shape index (κ2) is 12.6. The highest BCUT2D eigenvalue weighted by Crippen LogP contribution is 2.42. The largest absolute Gasteiger partial charge is 0.456 e. The van der Waals surface area contributed by atoms with E-state index in [4.69, 9.17) is 102 Å². The third-order valence-corrected chi connectivity index (χ3v) is 9.93. The van der Waals surface area contributed by atoms with Gasteiger partial charge < -0.3 is 8.83 Å². The molecule has 0 spiro atoms. The van der Waals surface area contributed by atoms with Crippen molar-refractivity contribution >= 4 is 177 Å². The summed E-state index contributed by atoms with van der Waals surface area (Å²) in [7, 11) is 63.1. The van der Waals surface area contributed by atoms with Crippen LogP contribution in [0.4, 0.5) is 0 Å². The molecule has 9 aromatic rings. The summed E-state index contributed by atoms with van der Waals surface area (Å²) in [6, 6.07) is 25.5. The van der Waals surface area contributed by atoms with Crippen LogP contribution in [0.3, 0.4) is 0 Å². The molecule has 5 nitrogen and oxygen atoms in total. The summed E-state index contributed by atoms with van der Waals surface area (Å²) in [6.45, 7) is 0. The predicted octanol–water partition coefficient (Wildman–Crippen LogP) is -1.72. The molecule has 20 radical (unpaired) electrons. The van der Waals surface area contributed by atoms with Crippen LogP contribution in [0.5, 0.6) is 0 Å². The molecule has 0 fully saturated rings. The maximum atomic E-state index is 6.48. The van der Waals surface area contributed by atoms with Crippen molar-refractivity contribution in [1.29, 1.82) is 0 Å². The lowest BCUT2D eigenvalue weighted by molar-refractivity contribution is 0.668. The van der Waals surface area contributed by atoms with Crippen molar-refractivity contribution in [3.8, 4) is 45.3 Å². The topological polar surface area (TPSA) is 65.0 Å². The normalized spacial score (nSPS) is 11.7. The van der Waals surface area contributed by atoms with Gasteiger partial charge in [-0.3, -0.25) is 0 Å². The number of para-hydroxylation sites is 2. The van der Waals surface area contributed by atoms with Crippen LogP contribution in [-0.2, 0) is 0 Å². The first-order valence-corrected chi connectivity index (χ1v) is 16.6. The molecule has 0 aliphatic heterocycles. The standard InChI is InChI=1S/C39H13B10N3O2/c40-26-24(27(41)31(45)34(48)30(26)44)38-50-37(51-39(52-38)25-28(42)32(46)35(49)33(47)29(25)43)14-11-12-21-19(13-14)23-16(6-4-10-22(23)53-21)18-8-3-7-17-15-5-1-2-9-20(15)54-36(17)18/h1-13H. The third-order valence-electron chi connectivity index (χ3n) is 9.93. The molecule has 3 heterocycles. The summed E-state index contributed by atoms with van der Waals surface area (Å²) < 4.78 is 12.8. The van der Waals surface area contributed by atoms with E-state index in [1.54, 1.807) is 0 Å². The highest BCUT2D eigenvalue weighted by atomic mass is 16.3. The Kier molecular flexibility index (Phi) is 8.00. The summed E-state index contributed by atoms with van der Waals surface area (Å²) >= 11 is 0. The number of hydrogen-bond donors (Lipinski definition) is 0. The molecule has 0 unspecified atom stereocenters. The first-order chi connectivity index (χ1) is 25.9. The van der Waals surface area contributed by atoms with Crippen LogP contribution in [-0.4, -0.2) is 93.4 Å². The number of nitrogens with zero attached hydrogens (tertiary/aromatic N) is 3. The zero-order chi connectivity index (χ0) is 37.7. The minimum absolute atomic E-state index is 0.00516. The van der Waals surface area contributed by atoms with Crippen molar-refractivity contribution in [1.82, 2.24) is 15.0 Å². The van der Waals surface area contributed by atoms with Crippen molar-refractivity contribution < 1.29 is 8.83 Å². The molecule has 0 N–H and O–H groups in total. The summed E-state index contributed by atoms with van der Waals surface area (Å²) in [6.07, 6.45) is 0. The van der Waals surface area contributed by atoms with Crippen molar-refractivity contribution in [2.24, 2.45) is 0 Å². The Morgan fingerprint density at radius 2 is 0.852 bits per heavy atom. The van der Waals surface area contributed by atoms with E-state index in [1.807, 2.05) is 72.8 Å². The van der Waals surface area contributed by atoms with E-state index < -0.39 is 0 Å². The van der Waals surface area contributed by atoms with Crippen molar-refractivity contribution in [2.45, 2.75) is 0 Å². The molecule has 0 aliphatic carbocycles. The van der Waals surface area contributed by atoms with Gasteiger partial charge in [-0.1, -0.05) is 70.4 Å². The minimum Gasteiger partial charge on any atom is -0.456 e. The number of rotatable bonds is 4. The highest BCUT2D eigenvalue weighted by molar-refractivity contribution is 6.69. The fraction of sp³-hybridized carbons (Fsp3) is 0. The molecule has 9 rings (SSSR count). The molecule has 0 amide bonds. The van der Waals surface area contributed by atoms with Gasteiger partial charge in [0.25, 0.3) is 0 Å². The van der Waals surface area contributed by atoms with Crippen LogP contribution >= 0.6 is 0 Å². The van der Waals surface area contributed by atoms with E-state index in [0.29, 0.717) is 16.7 Å². The van der Waals surface area contributed by atoms with Crippen LogP contribution in [0.1, 0.15) is 0 Å². The molecule has 6 aromatic carbocycles. The van der Waals surface area contributed by atoms with Crippen molar-refractivity contribution in [3.63, 3.8) is 0 Å². The Labute approximate surface area is 323 Å². The van der Waals surface area contributed by atoms with Gasteiger partial charge in [-0.2, -0.15) is 0 Å². The van der Waals surface area contributed by atoms with E-state index in [9.17, 15) is 0 Å². The summed E-state index contributed by atoms with van der Waals surface area (Å²) in [5.74, 6) is 0.194. The molecule has 0 bridgehead atoms. The molecule has 0 saturated carbocycles. The van der Waals surface area contributed by atoms with E-state index in [1.165, 1.54) is 0 Å². The maximum absolute atomic E-state index is 6.48. The lowest BCUT2D eigenvalue weighted by Gasteiger charge is -2.22. The van der Waals surface area contributed by atoms with Gasteiger partial charge in [0.15, 0.2) is 17.5 Å². The van der Waals surface area contributed by atoms with Gasteiger partial charge in [0.2, 0.25) is 0 Å². The lowest BCUT2D eigenvalue weighted by Crippen LogP contribution is -2.55. The minimum atomic E-state index is 0.00516. The molecule has 0 atom stereocenters. The molecule has 15 heteroatoms. The van der Waals surface area contributed by atoms with Gasteiger partial charge >= 0.3 is 0 Å². The van der Waals surface area contributed by atoms with E-state index in [2.05, 4.69) is 6.07 Å². The number of furan rings is 2. The maximum Gasteiger partial charge on any atom is 0.164 e. The molecular weight excluding hydrogens is 651 g/mol. The predicted molar refractivity (Wildman–Crippen MR) is 230 cm³/mol. The average Bonchev–Trinajstić information content (AvgIpc) is 3.76. The van der Waals surface area contributed by atoms with Crippen LogP contribution in [0.25, 0.3) is 89.2 Å². The van der Waals surface area contributed by atoms with Gasteiger partial charge in [-0.05, 0) is 35.9 Å². The second-order valence-electron chi connectivity index (χ2n) is 13.0. The Hall–Kier alpha value is -5.42. The number of fused-ring (bicyclic) bond motifs is 6. The summed E-state index contributed by atoms with van der Waals surface area (Å²) in [4.78, 5) is 14.3. The molecular formula is C39H13B10N3O2. The van der Waals surface area contributed by atoms with Gasteiger partial charge in [0, 0.05) is 43.8 Å². The smallest absolute Gasteiger partial charge is 0.164 e. The van der Waals surface area contributed by atoms with Crippen LogP contribution < -0.4 is 54.6 Å². The van der Waals surface area contributed by atoms with Crippen LogP contribution in [0.2, 0.25) is 0 Å². The fourth-order valence-electron chi connectivity index (χ4n) is 7.06. The van der Waals surface area contributed by atoms with Crippen molar-refractivity contribution in [3.05, 3.63) is 78.9 Å². The molecule has 3 aromatic heterocycles. The van der Waals surface area contributed by atoms with Gasteiger partial charge in [-0.15, -0.1) is 32.8 Å². The SMILES string of the molecule is [B]c1c([B])c([B])c(-c2nc(-c3ccc4oc5cccc(-c6cccc7c6oc6ccccc67)c5c4c3)nc(-c3c([B])c([B])c([B])c([B])c3[B])n2)c([B])c1[B]. The fourth-order valence-corrected chi connectivity index (χ4v) is 7.06. The van der Waals surface area contributed by atoms with E-state index in [-0.39, 0.29) is 83.2 Å². The summed E-state index contributed by atoms with van der Waals surface area (Å²) in [5, 5.41) is 3.68. The molecule has 54 heavy (non-hydrogen) atoms. The first-order valence-electron chi connectivity index (χ1n) is 16.6. The molecule has 226 valence electrons.